The van der Waals surface area contributed by atoms with Crippen LogP contribution in [0.4, 0.5) is 18.9 Å². The van der Waals surface area contributed by atoms with E-state index in [9.17, 15) is 18.0 Å². The average molecular weight is 289 g/mol. The Morgan fingerprint density at radius 2 is 1.80 bits per heavy atom. The third-order valence-electron chi connectivity index (χ3n) is 2.65. The molecule has 1 unspecified atom stereocenters. The summed E-state index contributed by atoms with van der Waals surface area (Å²) in [7, 11) is 0. The summed E-state index contributed by atoms with van der Waals surface area (Å²) in [5.41, 5.74) is 4.85. The summed E-state index contributed by atoms with van der Waals surface area (Å²) in [6.45, 7) is 3.26. The standard InChI is InChI=1S/C12H14F3N3O2/c1-5(2)10(11(16)18-20)12(19)17-9-4-7(14)6(13)3-8(9)15/h3-5,10,20H,1-2H3,(H2,16,18)(H,17,19). The van der Waals surface area contributed by atoms with Crippen LogP contribution in [0.25, 0.3) is 0 Å². The minimum Gasteiger partial charge on any atom is -0.409 e. The second-order valence-corrected chi connectivity index (χ2v) is 4.48. The molecule has 0 fully saturated rings. The van der Waals surface area contributed by atoms with Crippen LogP contribution in [-0.2, 0) is 4.79 Å². The summed E-state index contributed by atoms with van der Waals surface area (Å²) in [6.07, 6.45) is 0. The molecule has 110 valence electrons. The van der Waals surface area contributed by atoms with Crippen molar-refractivity contribution in [3.63, 3.8) is 0 Å². The summed E-state index contributed by atoms with van der Waals surface area (Å²) < 4.78 is 39.2. The maximum atomic E-state index is 13.4. The number of nitrogens with zero attached hydrogens (tertiary/aromatic N) is 1. The Morgan fingerprint density at radius 3 is 2.30 bits per heavy atom. The number of benzene rings is 1. The lowest BCUT2D eigenvalue weighted by Gasteiger charge is -2.19. The summed E-state index contributed by atoms with van der Waals surface area (Å²) in [5, 5.41) is 13.4. The fourth-order valence-electron chi connectivity index (χ4n) is 1.67. The van der Waals surface area contributed by atoms with Crippen LogP contribution in [-0.4, -0.2) is 17.0 Å². The van der Waals surface area contributed by atoms with Gasteiger partial charge in [0.1, 0.15) is 11.7 Å². The van der Waals surface area contributed by atoms with E-state index in [2.05, 4.69) is 10.5 Å². The first-order chi connectivity index (χ1) is 9.27. The third kappa shape index (κ3) is 3.40. The SMILES string of the molecule is CC(C)C(C(=O)Nc1cc(F)c(F)cc1F)C(N)=NO. The molecule has 4 N–H and O–H groups in total. The van der Waals surface area contributed by atoms with Crippen molar-refractivity contribution in [3.05, 3.63) is 29.6 Å². The molecule has 1 atom stereocenters. The molecule has 0 aromatic heterocycles. The molecule has 0 heterocycles. The van der Waals surface area contributed by atoms with Crippen molar-refractivity contribution in [1.29, 1.82) is 0 Å². The molecule has 1 rings (SSSR count). The summed E-state index contributed by atoms with van der Waals surface area (Å²) >= 11 is 0. The predicted molar refractivity (Wildman–Crippen MR) is 66.7 cm³/mol. The second kappa shape index (κ2) is 6.27. The molecule has 0 radical (unpaired) electrons. The highest BCUT2D eigenvalue weighted by molar-refractivity contribution is 6.07. The molecule has 0 bridgehead atoms. The van der Waals surface area contributed by atoms with Crippen molar-refractivity contribution >= 4 is 17.4 Å². The van der Waals surface area contributed by atoms with Gasteiger partial charge in [0.05, 0.1) is 5.69 Å². The zero-order valence-electron chi connectivity index (χ0n) is 10.8. The zero-order valence-corrected chi connectivity index (χ0v) is 10.8. The number of amidine groups is 1. The van der Waals surface area contributed by atoms with Crippen molar-refractivity contribution in [2.24, 2.45) is 22.7 Å². The van der Waals surface area contributed by atoms with Crippen LogP contribution in [0.15, 0.2) is 17.3 Å². The summed E-state index contributed by atoms with van der Waals surface area (Å²) in [6, 6.07) is 0.838. The Labute approximate surface area is 113 Å². The summed E-state index contributed by atoms with van der Waals surface area (Å²) in [5.74, 6) is -6.32. The molecule has 0 saturated heterocycles. The highest BCUT2D eigenvalue weighted by Gasteiger charge is 2.27. The van der Waals surface area contributed by atoms with E-state index in [-0.39, 0.29) is 11.8 Å². The van der Waals surface area contributed by atoms with Crippen LogP contribution in [0.2, 0.25) is 0 Å². The number of halogens is 3. The van der Waals surface area contributed by atoms with E-state index < -0.39 is 35.0 Å². The number of rotatable bonds is 4. The minimum absolute atomic E-state index is 0.318. The van der Waals surface area contributed by atoms with Crippen LogP contribution < -0.4 is 11.1 Å². The highest BCUT2D eigenvalue weighted by atomic mass is 19.2. The molecule has 1 aromatic rings. The number of hydrogen-bond donors (Lipinski definition) is 3. The van der Waals surface area contributed by atoms with Gasteiger partial charge in [-0.2, -0.15) is 0 Å². The second-order valence-electron chi connectivity index (χ2n) is 4.48. The van der Waals surface area contributed by atoms with Gasteiger partial charge < -0.3 is 16.3 Å². The van der Waals surface area contributed by atoms with Crippen LogP contribution in [0.1, 0.15) is 13.8 Å². The van der Waals surface area contributed by atoms with Gasteiger partial charge >= 0.3 is 0 Å². The fourth-order valence-corrected chi connectivity index (χ4v) is 1.67. The quantitative estimate of drug-likeness (QED) is 0.261. The number of carbonyl (C=O) groups is 1. The van der Waals surface area contributed by atoms with Gasteiger partial charge in [-0.05, 0) is 5.92 Å². The van der Waals surface area contributed by atoms with Gasteiger partial charge in [0.15, 0.2) is 17.5 Å². The van der Waals surface area contributed by atoms with E-state index in [4.69, 9.17) is 10.9 Å². The Morgan fingerprint density at radius 1 is 1.25 bits per heavy atom. The lowest BCUT2D eigenvalue weighted by molar-refractivity contribution is -0.119. The lowest BCUT2D eigenvalue weighted by atomic mass is 9.93. The van der Waals surface area contributed by atoms with E-state index in [0.29, 0.717) is 12.1 Å². The molecule has 0 aliphatic carbocycles. The van der Waals surface area contributed by atoms with E-state index in [1.54, 1.807) is 13.8 Å². The zero-order chi connectivity index (χ0) is 15.4. The molecular formula is C12H14F3N3O2. The van der Waals surface area contributed by atoms with Crippen molar-refractivity contribution < 1.29 is 23.2 Å². The number of nitrogens with two attached hydrogens (primary N) is 1. The van der Waals surface area contributed by atoms with Crippen LogP contribution in [0, 0.1) is 29.3 Å². The van der Waals surface area contributed by atoms with E-state index in [1.807, 2.05) is 0 Å². The van der Waals surface area contributed by atoms with Crippen LogP contribution in [0.5, 0.6) is 0 Å². The Kier molecular flexibility index (Phi) is 4.95. The number of anilines is 1. The molecule has 1 amide bonds. The molecule has 20 heavy (non-hydrogen) atoms. The molecule has 0 spiro atoms. The third-order valence-corrected chi connectivity index (χ3v) is 2.65. The van der Waals surface area contributed by atoms with Gasteiger partial charge in [-0.1, -0.05) is 19.0 Å². The Hall–Kier alpha value is -2.25. The topological polar surface area (TPSA) is 87.7 Å². The van der Waals surface area contributed by atoms with Gasteiger partial charge in [-0.25, -0.2) is 13.2 Å². The maximum Gasteiger partial charge on any atom is 0.235 e. The largest absolute Gasteiger partial charge is 0.409 e. The molecule has 0 saturated carbocycles. The molecular weight excluding hydrogens is 275 g/mol. The van der Waals surface area contributed by atoms with E-state index in [0.717, 1.165) is 0 Å². The van der Waals surface area contributed by atoms with Gasteiger partial charge in [-0.15, -0.1) is 0 Å². The Bertz CT molecular complexity index is 547. The molecule has 5 nitrogen and oxygen atoms in total. The first-order valence-corrected chi connectivity index (χ1v) is 5.70. The number of oxime groups is 1. The van der Waals surface area contributed by atoms with Gasteiger partial charge in [-0.3, -0.25) is 4.79 Å². The van der Waals surface area contributed by atoms with Crippen molar-refractivity contribution in [2.75, 3.05) is 5.32 Å². The van der Waals surface area contributed by atoms with E-state index >= 15 is 0 Å². The first kappa shape index (κ1) is 15.8. The van der Waals surface area contributed by atoms with Crippen LogP contribution in [0.3, 0.4) is 0 Å². The van der Waals surface area contributed by atoms with Gasteiger partial charge in [0.25, 0.3) is 0 Å². The Balaban J connectivity index is 3.03. The molecule has 1 aromatic carbocycles. The minimum atomic E-state index is -1.36. The summed E-state index contributed by atoms with van der Waals surface area (Å²) in [4.78, 5) is 11.9. The number of carbonyl (C=O) groups excluding carboxylic acids is 1. The van der Waals surface area contributed by atoms with Crippen molar-refractivity contribution in [1.82, 2.24) is 0 Å². The lowest BCUT2D eigenvalue weighted by Crippen LogP contribution is -2.38. The van der Waals surface area contributed by atoms with Gasteiger partial charge in [0.2, 0.25) is 5.91 Å². The first-order valence-electron chi connectivity index (χ1n) is 5.70. The number of amides is 1. The van der Waals surface area contributed by atoms with Crippen molar-refractivity contribution in [2.45, 2.75) is 13.8 Å². The average Bonchev–Trinajstić information content (AvgIpc) is 2.35. The number of nitrogens with one attached hydrogen (secondary N) is 1. The fraction of sp³-hybridized carbons (Fsp3) is 0.333. The van der Waals surface area contributed by atoms with Crippen molar-refractivity contribution in [3.8, 4) is 0 Å². The predicted octanol–water partition coefficient (Wildman–Crippen LogP) is 2.06. The van der Waals surface area contributed by atoms with Crippen LogP contribution >= 0.6 is 0 Å². The smallest absolute Gasteiger partial charge is 0.235 e. The van der Waals surface area contributed by atoms with Gasteiger partial charge in [0, 0.05) is 12.1 Å². The molecule has 0 aliphatic rings. The highest BCUT2D eigenvalue weighted by Crippen LogP contribution is 2.20. The monoisotopic (exact) mass is 289 g/mol. The molecule has 8 heteroatoms. The molecule has 0 aliphatic heterocycles. The van der Waals surface area contributed by atoms with E-state index in [1.165, 1.54) is 0 Å². The normalized spacial score (nSPS) is 13.4. The maximum absolute atomic E-state index is 13.4. The number of hydrogen-bond acceptors (Lipinski definition) is 3.